The Morgan fingerprint density at radius 3 is 1.74 bits per heavy atom. The molecule has 136 valence electrons. The first kappa shape index (κ1) is 19.3. The lowest BCUT2D eigenvalue weighted by molar-refractivity contribution is 0.0391. The van der Waals surface area contributed by atoms with Gasteiger partial charge in [-0.1, -0.05) is 71.1 Å². The third-order valence-corrected chi connectivity index (χ3v) is 6.83. The van der Waals surface area contributed by atoms with Gasteiger partial charge >= 0.3 is 0 Å². The average Bonchev–Trinajstić information content (AvgIpc) is 2.61. The smallest absolute Gasteiger partial charge is 0.0571 e. The Labute approximate surface area is 146 Å². The van der Waals surface area contributed by atoms with E-state index < -0.39 is 0 Å². The predicted molar refractivity (Wildman–Crippen MR) is 101 cm³/mol. The molecule has 0 N–H and O–H groups in total. The molecule has 0 heterocycles. The number of ether oxygens (including phenoxy) is 1. The summed E-state index contributed by atoms with van der Waals surface area (Å²) >= 11 is 0. The van der Waals surface area contributed by atoms with Crippen molar-refractivity contribution in [3.8, 4) is 0 Å². The normalized spacial score (nSPS) is 32.1. The van der Waals surface area contributed by atoms with Crippen molar-refractivity contribution in [2.24, 2.45) is 17.8 Å². The molecule has 2 aliphatic rings. The molecule has 0 atom stereocenters. The van der Waals surface area contributed by atoms with E-state index in [9.17, 15) is 0 Å². The van der Waals surface area contributed by atoms with Crippen molar-refractivity contribution in [2.75, 3.05) is 7.11 Å². The van der Waals surface area contributed by atoms with Crippen molar-refractivity contribution in [3.05, 3.63) is 0 Å². The van der Waals surface area contributed by atoms with Crippen molar-refractivity contribution in [3.63, 3.8) is 0 Å². The van der Waals surface area contributed by atoms with Crippen molar-refractivity contribution in [1.29, 1.82) is 0 Å². The van der Waals surface area contributed by atoms with Gasteiger partial charge in [0.25, 0.3) is 0 Å². The summed E-state index contributed by atoms with van der Waals surface area (Å²) in [6, 6.07) is 0. The minimum Gasteiger partial charge on any atom is -0.381 e. The molecule has 2 fully saturated rings. The van der Waals surface area contributed by atoms with Crippen molar-refractivity contribution >= 4 is 0 Å². The Hall–Kier alpha value is -0.0400. The number of rotatable bonds is 10. The van der Waals surface area contributed by atoms with E-state index in [1.165, 1.54) is 103 Å². The van der Waals surface area contributed by atoms with Gasteiger partial charge < -0.3 is 4.74 Å². The Morgan fingerprint density at radius 2 is 1.17 bits per heavy atom. The molecule has 2 rings (SSSR count). The second kappa shape index (κ2) is 11.5. The highest BCUT2D eigenvalue weighted by atomic mass is 16.5. The number of hydrogen-bond donors (Lipinski definition) is 0. The van der Waals surface area contributed by atoms with Gasteiger partial charge in [-0.25, -0.2) is 0 Å². The third kappa shape index (κ3) is 7.16. The molecule has 0 radical (unpaired) electrons. The summed E-state index contributed by atoms with van der Waals surface area (Å²) in [5.41, 5.74) is 0. The molecule has 2 saturated carbocycles. The molecule has 0 amide bonds. The summed E-state index contributed by atoms with van der Waals surface area (Å²) in [4.78, 5) is 0. The topological polar surface area (TPSA) is 9.23 Å². The molecule has 1 nitrogen and oxygen atoms in total. The summed E-state index contributed by atoms with van der Waals surface area (Å²) in [5, 5.41) is 0. The molecule has 2 aliphatic carbocycles. The fraction of sp³-hybridized carbons (Fsp3) is 1.00. The van der Waals surface area contributed by atoms with Gasteiger partial charge in [0.2, 0.25) is 0 Å². The van der Waals surface area contributed by atoms with E-state index in [1.54, 1.807) is 0 Å². The molecule has 0 spiro atoms. The lowest BCUT2D eigenvalue weighted by atomic mass is 9.70. The lowest BCUT2D eigenvalue weighted by Crippen LogP contribution is -2.28. The van der Waals surface area contributed by atoms with Gasteiger partial charge in [0.1, 0.15) is 0 Å². The SMILES string of the molecule is CCCCCCCCC[C@H]1CC[C@H]([C@H]2CC[C@H](OC)CC2)CC1. The van der Waals surface area contributed by atoms with Gasteiger partial charge in [0.15, 0.2) is 0 Å². The second-order valence-corrected chi connectivity index (χ2v) is 8.46. The molecular weight excluding hydrogens is 280 g/mol. The van der Waals surface area contributed by atoms with Crippen LogP contribution in [0.1, 0.15) is 110 Å². The fourth-order valence-electron chi connectivity index (χ4n) is 5.13. The van der Waals surface area contributed by atoms with Crippen LogP contribution in [-0.2, 0) is 4.74 Å². The van der Waals surface area contributed by atoms with Gasteiger partial charge in [0, 0.05) is 7.11 Å². The van der Waals surface area contributed by atoms with E-state index >= 15 is 0 Å². The van der Waals surface area contributed by atoms with Crippen molar-refractivity contribution < 1.29 is 4.74 Å². The van der Waals surface area contributed by atoms with Crippen LogP contribution in [0.2, 0.25) is 0 Å². The number of methoxy groups -OCH3 is 1. The lowest BCUT2D eigenvalue weighted by Gasteiger charge is -2.37. The average molecular weight is 323 g/mol. The molecular formula is C22H42O. The van der Waals surface area contributed by atoms with Crippen LogP contribution >= 0.6 is 0 Å². The maximum atomic E-state index is 5.53. The highest BCUT2D eigenvalue weighted by molar-refractivity contribution is 4.82. The molecule has 0 unspecified atom stereocenters. The Morgan fingerprint density at radius 1 is 0.652 bits per heavy atom. The van der Waals surface area contributed by atoms with E-state index in [0.717, 1.165) is 17.8 Å². The zero-order chi connectivity index (χ0) is 16.3. The van der Waals surface area contributed by atoms with Gasteiger partial charge in [-0.3, -0.25) is 0 Å². The van der Waals surface area contributed by atoms with Crippen molar-refractivity contribution in [1.82, 2.24) is 0 Å². The first-order chi connectivity index (χ1) is 11.3. The van der Waals surface area contributed by atoms with Gasteiger partial charge in [0.05, 0.1) is 6.10 Å². The van der Waals surface area contributed by atoms with Crippen LogP contribution in [-0.4, -0.2) is 13.2 Å². The minimum absolute atomic E-state index is 0.569. The highest BCUT2D eigenvalue weighted by Crippen LogP contribution is 2.41. The van der Waals surface area contributed by atoms with Crippen LogP contribution in [0.15, 0.2) is 0 Å². The van der Waals surface area contributed by atoms with Crippen LogP contribution in [0.5, 0.6) is 0 Å². The summed E-state index contributed by atoms with van der Waals surface area (Å²) in [5.74, 6) is 3.15. The first-order valence-corrected chi connectivity index (χ1v) is 10.9. The van der Waals surface area contributed by atoms with Crippen LogP contribution in [0.4, 0.5) is 0 Å². The molecule has 0 aromatic heterocycles. The highest BCUT2D eigenvalue weighted by Gasteiger charge is 2.30. The first-order valence-electron chi connectivity index (χ1n) is 10.9. The van der Waals surface area contributed by atoms with E-state index in [-0.39, 0.29) is 0 Å². The zero-order valence-corrected chi connectivity index (χ0v) is 16.0. The van der Waals surface area contributed by atoms with Crippen LogP contribution < -0.4 is 0 Å². The third-order valence-electron chi connectivity index (χ3n) is 6.83. The molecule has 0 aromatic carbocycles. The maximum absolute atomic E-state index is 5.53. The molecule has 0 bridgehead atoms. The summed E-state index contributed by atoms with van der Waals surface area (Å²) in [6.07, 6.45) is 24.0. The Balaban J connectivity index is 1.49. The second-order valence-electron chi connectivity index (χ2n) is 8.46. The summed E-state index contributed by atoms with van der Waals surface area (Å²) in [6.45, 7) is 2.31. The predicted octanol–water partition coefficient (Wildman–Crippen LogP) is 7.14. The molecule has 0 aliphatic heterocycles. The van der Waals surface area contributed by atoms with Crippen LogP contribution in [0.25, 0.3) is 0 Å². The fourth-order valence-corrected chi connectivity index (χ4v) is 5.13. The van der Waals surface area contributed by atoms with Crippen LogP contribution in [0, 0.1) is 17.8 Å². The quantitative estimate of drug-likeness (QED) is 0.388. The van der Waals surface area contributed by atoms with Gasteiger partial charge in [-0.15, -0.1) is 0 Å². The van der Waals surface area contributed by atoms with E-state index in [2.05, 4.69) is 6.92 Å². The van der Waals surface area contributed by atoms with Crippen molar-refractivity contribution in [2.45, 2.75) is 116 Å². The summed E-state index contributed by atoms with van der Waals surface area (Å²) < 4.78 is 5.53. The van der Waals surface area contributed by atoms with E-state index in [4.69, 9.17) is 4.74 Å². The molecule has 0 saturated heterocycles. The largest absolute Gasteiger partial charge is 0.381 e. The monoisotopic (exact) mass is 322 g/mol. The molecule has 1 heteroatoms. The molecule has 23 heavy (non-hydrogen) atoms. The zero-order valence-electron chi connectivity index (χ0n) is 16.0. The van der Waals surface area contributed by atoms with Gasteiger partial charge in [-0.2, -0.15) is 0 Å². The number of hydrogen-bond acceptors (Lipinski definition) is 1. The Kier molecular flexibility index (Phi) is 9.65. The molecule has 0 aromatic rings. The standard InChI is InChI=1S/C22H42O/c1-3-4-5-6-7-8-9-10-19-11-13-20(14-12-19)21-15-17-22(23-2)18-16-21/h19-22H,3-18H2,1-2H3/t19-,20-,21-,22-. The Bertz CT molecular complexity index is 272. The maximum Gasteiger partial charge on any atom is 0.0571 e. The number of unbranched alkanes of at least 4 members (excludes halogenated alkanes) is 6. The summed E-state index contributed by atoms with van der Waals surface area (Å²) in [7, 11) is 1.89. The van der Waals surface area contributed by atoms with Gasteiger partial charge in [-0.05, 0) is 56.3 Å². The van der Waals surface area contributed by atoms with E-state index in [1.807, 2.05) is 7.11 Å². The minimum atomic E-state index is 0.569. The van der Waals surface area contributed by atoms with Crippen LogP contribution in [0.3, 0.4) is 0 Å². The van der Waals surface area contributed by atoms with E-state index in [0.29, 0.717) is 6.10 Å².